The molecule has 1 fully saturated rings. The van der Waals surface area contributed by atoms with Gasteiger partial charge in [0.25, 0.3) is 0 Å². The Morgan fingerprint density at radius 3 is 2.41 bits per heavy atom. The van der Waals surface area contributed by atoms with Crippen LogP contribution in [0, 0.1) is 0 Å². The number of ketones is 1. The molecule has 0 amide bonds. The fraction of sp³-hybridized carbons (Fsp3) is 0.769. The van der Waals surface area contributed by atoms with Crippen LogP contribution in [0.5, 0.6) is 0 Å². The van der Waals surface area contributed by atoms with E-state index >= 15 is 0 Å². The van der Waals surface area contributed by atoms with E-state index in [0.29, 0.717) is 12.5 Å². The minimum absolute atomic E-state index is 0.0641. The first-order chi connectivity index (χ1) is 7.54. The van der Waals surface area contributed by atoms with E-state index in [0.717, 1.165) is 0 Å². The molecule has 0 spiro atoms. The van der Waals surface area contributed by atoms with Crippen LogP contribution >= 0.6 is 0 Å². The molecule has 1 atom stereocenters. The summed E-state index contributed by atoms with van der Waals surface area (Å²) >= 11 is 0. The zero-order valence-corrected chi connectivity index (χ0v) is 11.7. The van der Waals surface area contributed by atoms with Gasteiger partial charge in [-0.05, 0) is 48.1 Å². The van der Waals surface area contributed by atoms with Crippen molar-refractivity contribution < 1.29 is 14.3 Å². The van der Waals surface area contributed by atoms with Gasteiger partial charge in [-0.25, -0.2) is 0 Å². The quantitative estimate of drug-likeness (QED) is 0.711. The van der Waals surface area contributed by atoms with E-state index < -0.39 is 5.72 Å². The zero-order chi connectivity index (χ0) is 13.4. The number of rotatable bonds is 3. The molecule has 1 unspecified atom stereocenters. The number of ether oxygens (including phenoxy) is 2. The SMILES string of the molecule is C=C(OC(C)(C)C)N1C(C(C)=O)COC1(C)C. The summed E-state index contributed by atoms with van der Waals surface area (Å²) in [7, 11) is 0. The smallest absolute Gasteiger partial charge is 0.185 e. The van der Waals surface area contributed by atoms with Crippen LogP contribution in [0.4, 0.5) is 0 Å². The predicted molar refractivity (Wildman–Crippen MR) is 66.3 cm³/mol. The zero-order valence-electron chi connectivity index (χ0n) is 11.7. The van der Waals surface area contributed by atoms with Gasteiger partial charge in [-0.3, -0.25) is 4.79 Å². The maximum absolute atomic E-state index is 11.6. The Labute approximate surface area is 104 Å². The second-order valence-corrected chi connectivity index (χ2v) is 5.86. The van der Waals surface area contributed by atoms with Gasteiger partial charge in [0.05, 0.1) is 6.61 Å². The van der Waals surface area contributed by atoms with Crippen molar-refractivity contribution in [3.63, 3.8) is 0 Å². The number of nitrogens with zero attached hydrogens (tertiary/aromatic N) is 1. The molecule has 0 aromatic rings. The summed E-state index contributed by atoms with van der Waals surface area (Å²) in [6.07, 6.45) is 0. The van der Waals surface area contributed by atoms with Crippen LogP contribution in [0.15, 0.2) is 12.5 Å². The third-order valence-electron chi connectivity index (χ3n) is 2.65. The lowest BCUT2D eigenvalue weighted by Gasteiger charge is -2.38. The number of hydrogen-bond acceptors (Lipinski definition) is 4. The lowest BCUT2D eigenvalue weighted by atomic mass is 10.1. The first kappa shape index (κ1) is 14.0. The highest BCUT2D eigenvalue weighted by molar-refractivity contribution is 5.82. The van der Waals surface area contributed by atoms with Crippen LogP contribution in [0.1, 0.15) is 41.5 Å². The number of carbonyl (C=O) groups excluding carboxylic acids is 1. The molecule has 1 aliphatic heterocycles. The number of hydrogen-bond donors (Lipinski definition) is 0. The molecule has 1 rings (SSSR count). The standard InChI is InChI=1S/C13H23NO3/c1-9(15)11-8-16-13(6,7)14(11)10(2)17-12(3,4)5/h11H,2,8H2,1,3-7H3. The normalized spacial score (nSPS) is 23.6. The average Bonchev–Trinajstić information content (AvgIpc) is 2.37. The lowest BCUT2D eigenvalue weighted by Crippen LogP contribution is -2.47. The van der Waals surface area contributed by atoms with E-state index in [4.69, 9.17) is 9.47 Å². The van der Waals surface area contributed by atoms with E-state index in [1.807, 2.05) is 39.5 Å². The molecular weight excluding hydrogens is 218 g/mol. The van der Waals surface area contributed by atoms with Crippen molar-refractivity contribution >= 4 is 5.78 Å². The molecule has 1 saturated heterocycles. The Morgan fingerprint density at radius 1 is 1.47 bits per heavy atom. The van der Waals surface area contributed by atoms with Crippen molar-refractivity contribution in [1.82, 2.24) is 4.90 Å². The largest absolute Gasteiger partial charge is 0.474 e. The first-order valence-corrected chi connectivity index (χ1v) is 5.86. The Bertz CT molecular complexity index is 328. The number of Topliss-reactive ketones (excluding diaryl/α,β-unsaturated/α-hetero) is 1. The molecule has 98 valence electrons. The third kappa shape index (κ3) is 3.22. The monoisotopic (exact) mass is 241 g/mol. The van der Waals surface area contributed by atoms with Gasteiger partial charge in [-0.15, -0.1) is 0 Å². The molecule has 4 heteroatoms. The fourth-order valence-corrected chi connectivity index (χ4v) is 1.98. The molecule has 0 aromatic heterocycles. The minimum atomic E-state index is -0.557. The Morgan fingerprint density at radius 2 is 2.00 bits per heavy atom. The highest BCUT2D eigenvalue weighted by atomic mass is 16.6. The summed E-state index contributed by atoms with van der Waals surface area (Å²) in [5.74, 6) is 0.550. The summed E-state index contributed by atoms with van der Waals surface area (Å²) < 4.78 is 11.4. The predicted octanol–water partition coefficient (Wildman–Crippen LogP) is 2.30. The van der Waals surface area contributed by atoms with Gasteiger partial charge in [0.1, 0.15) is 17.4 Å². The lowest BCUT2D eigenvalue weighted by molar-refractivity contribution is -0.125. The molecule has 0 aliphatic carbocycles. The van der Waals surface area contributed by atoms with Crippen molar-refractivity contribution in [3.05, 3.63) is 12.5 Å². The molecule has 0 N–H and O–H groups in total. The summed E-state index contributed by atoms with van der Waals surface area (Å²) in [6, 6.07) is -0.306. The third-order valence-corrected chi connectivity index (χ3v) is 2.65. The highest BCUT2D eigenvalue weighted by Crippen LogP contribution is 2.33. The summed E-state index contributed by atoms with van der Waals surface area (Å²) in [4.78, 5) is 13.4. The molecule has 0 aromatic carbocycles. The highest BCUT2D eigenvalue weighted by Gasteiger charge is 2.44. The molecule has 0 radical (unpaired) electrons. The van der Waals surface area contributed by atoms with E-state index in [1.165, 1.54) is 0 Å². The van der Waals surface area contributed by atoms with Crippen molar-refractivity contribution in [1.29, 1.82) is 0 Å². The van der Waals surface area contributed by atoms with E-state index in [2.05, 4.69) is 6.58 Å². The summed E-state index contributed by atoms with van der Waals surface area (Å²) in [5.41, 5.74) is -0.893. The molecule has 4 nitrogen and oxygen atoms in total. The molecule has 17 heavy (non-hydrogen) atoms. The Balaban J connectivity index is 2.90. The fourth-order valence-electron chi connectivity index (χ4n) is 1.98. The van der Waals surface area contributed by atoms with E-state index in [9.17, 15) is 4.79 Å². The second kappa shape index (κ2) is 4.33. The summed E-state index contributed by atoms with van der Waals surface area (Å²) in [5, 5.41) is 0. The Kier molecular flexibility index (Phi) is 3.58. The van der Waals surface area contributed by atoms with E-state index in [-0.39, 0.29) is 17.4 Å². The minimum Gasteiger partial charge on any atom is -0.474 e. The molecule has 1 heterocycles. The average molecular weight is 241 g/mol. The second-order valence-electron chi connectivity index (χ2n) is 5.86. The van der Waals surface area contributed by atoms with Crippen molar-refractivity contribution in [2.45, 2.75) is 58.9 Å². The maximum atomic E-state index is 11.6. The van der Waals surface area contributed by atoms with Crippen molar-refractivity contribution in [2.24, 2.45) is 0 Å². The Hall–Kier alpha value is -1.03. The maximum Gasteiger partial charge on any atom is 0.185 e. The van der Waals surface area contributed by atoms with Gasteiger partial charge in [0.15, 0.2) is 11.7 Å². The topological polar surface area (TPSA) is 38.8 Å². The van der Waals surface area contributed by atoms with Crippen LogP contribution < -0.4 is 0 Å². The van der Waals surface area contributed by atoms with Crippen LogP contribution in [0.3, 0.4) is 0 Å². The van der Waals surface area contributed by atoms with Gasteiger partial charge in [-0.1, -0.05) is 0 Å². The van der Waals surface area contributed by atoms with Gasteiger partial charge in [0, 0.05) is 0 Å². The van der Waals surface area contributed by atoms with Gasteiger partial charge >= 0.3 is 0 Å². The van der Waals surface area contributed by atoms with Gasteiger partial charge < -0.3 is 14.4 Å². The van der Waals surface area contributed by atoms with Crippen LogP contribution in [0.2, 0.25) is 0 Å². The molecule has 0 saturated carbocycles. The van der Waals surface area contributed by atoms with Crippen molar-refractivity contribution in [2.75, 3.05) is 6.61 Å². The van der Waals surface area contributed by atoms with Crippen LogP contribution in [0.25, 0.3) is 0 Å². The molecule has 0 bridgehead atoms. The van der Waals surface area contributed by atoms with Gasteiger partial charge in [-0.2, -0.15) is 0 Å². The molecule has 1 aliphatic rings. The first-order valence-electron chi connectivity index (χ1n) is 5.86. The van der Waals surface area contributed by atoms with Crippen molar-refractivity contribution in [3.8, 4) is 0 Å². The van der Waals surface area contributed by atoms with Crippen LogP contribution in [-0.4, -0.2) is 34.7 Å². The van der Waals surface area contributed by atoms with E-state index in [1.54, 1.807) is 6.92 Å². The van der Waals surface area contributed by atoms with Gasteiger partial charge in [0.2, 0.25) is 0 Å². The number of carbonyl (C=O) groups is 1. The van der Waals surface area contributed by atoms with Crippen LogP contribution in [-0.2, 0) is 14.3 Å². The molecular formula is C13H23NO3. The summed E-state index contributed by atoms with van der Waals surface area (Å²) in [6.45, 7) is 15.5.